The first-order valence-corrected chi connectivity index (χ1v) is 11.8. The van der Waals surface area contributed by atoms with Crippen molar-refractivity contribution >= 4 is 38.4 Å². The Hall–Kier alpha value is -3.16. The van der Waals surface area contributed by atoms with E-state index in [1.807, 2.05) is 59.3 Å². The maximum atomic E-state index is 12.3. The van der Waals surface area contributed by atoms with Crippen molar-refractivity contribution in [3.8, 4) is 11.3 Å². The topological polar surface area (TPSA) is 91.9 Å². The normalized spacial score (nSPS) is 11.5. The Morgan fingerprint density at radius 2 is 1.84 bits per heavy atom. The predicted molar refractivity (Wildman–Crippen MR) is 123 cm³/mol. The SMILES string of the molecule is CCS(=O)(=O)NC(=O)c1cccc(Cc2c(-c3ccccc3)[nH]c3cc(Cl)ccc23)n1. The lowest BCUT2D eigenvalue weighted by Crippen LogP contribution is -2.32. The molecule has 0 fully saturated rings. The number of amides is 1. The molecule has 2 aromatic heterocycles. The minimum absolute atomic E-state index is 0.0543. The molecular formula is C23H20ClN3O3S. The van der Waals surface area contributed by atoms with Crippen LogP contribution in [0.15, 0.2) is 66.7 Å². The van der Waals surface area contributed by atoms with Crippen molar-refractivity contribution in [3.05, 3.63) is 88.7 Å². The summed E-state index contributed by atoms with van der Waals surface area (Å²) >= 11 is 6.18. The highest BCUT2D eigenvalue weighted by Gasteiger charge is 2.18. The number of aromatic amines is 1. The van der Waals surface area contributed by atoms with Gasteiger partial charge in [-0.2, -0.15) is 0 Å². The zero-order chi connectivity index (χ0) is 22.0. The summed E-state index contributed by atoms with van der Waals surface area (Å²) in [5.41, 5.74) is 4.59. The summed E-state index contributed by atoms with van der Waals surface area (Å²) < 4.78 is 25.5. The summed E-state index contributed by atoms with van der Waals surface area (Å²) in [6.07, 6.45) is 0.452. The van der Waals surface area contributed by atoms with Gasteiger partial charge in [-0.15, -0.1) is 0 Å². The van der Waals surface area contributed by atoms with Crippen molar-refractivity contribution in [1.82, 2.24) is 14.7 Å². The first-order chi connectivity index (χ1) is 14.9. The van der Waals surface area contributed by atoms with Crippen LogP contribution in [-0.2, 0) is 16.4 Å². The molecule has 0 atom stereocenters. The van der Waals surface area contributed by atoms with Crippen LogP contribution in [0.5, 0.6) is 0 Å². The molecule has 2 aromatic carbocycles. The van der Waals surface area contributed by atoms with Crippen LogP contribution in [0.2, 0.25) is 5.02 Å². The van der Waals surface area contributed by atoms with Crippen molar-refractivity contribution in [2.75, 3.05) is 5.75 Å². The summed E-state index contributed by atoms with van der Waals surface area (Å²) in [5.74, 6) is -0.922. The van der Waals surface area contributed by atoms with Crippen LogP contribution >= 0.6 is 11.6 Å². The van der Waals surface area contributed by atoms with Crippen LogP contribution in [0.25, 0.3) is 22.2 Å². The van der Waals surface area contributed by atoms with Gasteiger partial charge < -0.3 is 4.98 Å². The van der Waals surface area contributed by atoms with Crippen LogP contribution < -0.4 is 4.72 Å². The average Bonchev–Trinajstić information content (AvgIpc) is 3.11. The van der Waals surface area contributed by atoms with Gasteiger partial charge in [-0.25, -0.2) is 18.1 Å². The Balaban J connectivity index is 1.74. The number of carbonyl (C=O) groups is 1. The average molecular weight is 454 g/mol. The molecule has 0 aliphatic heterocycles. The number of halogens is 1. The molecule has 0 bridgehead atoms. The van der Waals surface area contributed by atoms with Crippen LogP contribution in [0.1, 0.15) is 28.7 Å². The van der Waals surface area contributed by atoms with E-state index in [4.69, 9.17) is 11.6 Å². The van der Waals surface area contributed by atoms with Gasteiger partial charge in [-0.05, 0) is 42.3 Å². The fraction of sp³-hybridized carbons (Fsp3) is 0.130. The largest absolute Gasteiger partial charge is 0.354 e. The maximum absolute atomic E-state index is 12.3. The van der Waals surface area contributed by atoms with E-state index < -0.39 is 15.9 Å². The fourth-order valence-electron chi connectivity index (χ4n) is 3.41. The number of carbonyl (C=O) groups excluding carboxylic acids is 1. The molecule has 0 aliphatic carbocycles. The minimum atomic E-state index is -3.66. The molecule has 2 heterocycles. The lowest BCUT2D eigenvalue weighted by Gasteiger charge is -2.08. The van der Waals surface area contributed by atoms with E-state index in [0.29, 0.717) is 17.1 Å². The second-order valence-electron chi connectivity index (χ2n) is 7.06. The van der Waals surface area contributed by atoms with Crippen molar-refractivity contribution in [2.45, 2.75) is 13.3 Å². The molecule has 8 heteroatoms. The van der Waals surface area contributed by atoms with E-state index >= 15 is 0 Å². The number of nitrogens with one attached hydrogen (secondary N) is 2. The quantitative estimate of drug-likeness (QED) is 0.448. The Labute approximate surface area is 185 Å². The predicted octanol–water partition coefficient (Wildman–Crippen LogP) is 4.55. The molecule has 2 N–H and O–H groups in total. The number of H-pyrrole nitrogens is 1. The molecule has 0 spiro atoms. The van der Waals surface area contributed by atoms with Crippen LogP contribution in [0, 0.1) is 0 Å². The maximum Gasteiger partial charge on any atom is 0.283 e. The molecule has 0 unspecified atom stereocenters. The highest BCUT2D eigenvalue weighted by Crippen LogP contribution is 2.33. The summed E-state index contributed by atoms with van der Waals surface area (Å²) in [5, 5.41) is 1.64. The lowest BCUT2D eigenvalue weighted by molar-refractivity contribution is 0.0976. The van der Waals surface area contributed by atoms with Crippen molar-refractivity contribution in [1.29, 1.82) is 0 Å². The monoisotopic (exact) mass is 453 g/mol. The number of pyridine rings is 1. The van der Waals surface area contributed by atoms with Gasteiger partial charge in [-0.1, -0.05) is 54.1 Å². The minimum Gasteiger partial charge on any atom is -0.354 e. The van der Waals surface area contributed by atoms with Gasteiger partial charge in [0.2, 0.25) is 10.0 Å². The number of hydrogen-bond acceptors (Lipinski definition) is 4. The Kier molecular flexibility index (Phi) is 5.80. The van der Waals surface area contributed by atoms with Crippen molar-refractivity contribution < 1.29 is 13.2 Å². The zero-order valence-corrected chi connectivity index (χ0v) is 18.3. The molecular weight excluding hydrogens is 434 g/mol. The Bertz CT molecular complexity index is 1370. The molecule has 0 saturated carbocycles. The van der Waals surface area contributed by atoms with Gasteiger partial charge in [0.25, 0.3) is 5.91 Å². The molecule has 1 amide bonds. The van der Waals surface area contributed by atoms with E-state index in [-0.39, 0.29) is 11.4 Å². The van der Waals surface area contributed by atoms with Crippen LogP contribution in [0.3, 0.4) is 0 Å². The summed E-state index contributed by atoms with van der Waals surface area (Å²) in [7, 11) is -3.66. The van der Waals surface area contributed by atoms with Crippen molar-refractivity contribution in [3.63, 3.8) is 0 Å². The molecule has 158 valence electrons. The highest BCUT2D eigenvalue weighted by molar-refractivity contribution is 7.90. The summed E-state index contributed by atoms with van der Waals surface area (Å²) in [6.45, 7) is 1.47. The Morgan fingerprint density at radius 3 is 2.58 bits per heavy atom. The summed E-state index contributed by atoms with van der Waals surface area (Å²) in [4.78, 5) is 20.2. The van der Waals surface area contributed by atoms with Gasteiger partial charge in [0, 0.05) is 28.0 Å². The number of nitrogens with zero attached hydrogens (tertiary/aromatic N) is 1. The van der Waals surface area contributed by atoms with E-state index in [2.05, 4.69) is 9.97 Å². The second-order valence-corrected chi connectivity index (χ2v) is 9.51. The molecule has 4 rings (SSSR count). The molecule has 4 aromatic rings. The molecule has 31 heavy (non-hydrogen) atoms. The van der Waals surface area contributed by atoms with Crippen LogP contribution in [-0.4, -0.2) is 30.0 Å². The van der Waals surface area contributed by atoms with E-state index in [0.717, 1.165) is 27.7 Å². The van der Waals surface area contributed by atoms with E-state index in [1.165, 1.54) is 13.0 Å². The van der Waals surface area contributed by atoms with Crippen molar-refractivity contribution in [2.24, 2.45) is 0 Å². The molecule has 0 aliphatic rings. The number of fused-ring (bicyclic) bond motifs is 1. The molecule has 0 radical (unpaired) electrons. The number of hydrogen-bond donors (Lipinski definition) is 2. The van der Waals surface area contributed by atoms with Gasteiger partial charge in [0.05, 0.1) is 11.4 Å². The van der Waals surface area contributed by atoms with Gasteiger partial charge >= 0.3 is 0 Å². The van der Waals surface area contributed by atoms with E-state index in [1.54, 1.807) is 6.07 Å². The standard InChI is InChI=1S/C23H20ClN3O3S/c1-2-31(29,30)27-23(28)20-10-6-9-17(25-20)14-19-18-12-11-16(24)13-21(18)26-22(19)15-7-4-3-5-8-15/h3-13,26H,2,14H2,1H3,(H,27,28). The van der Waals surface area contributed by atoms with Gasteiger partial charge in [-0.3, -0.25) is 4.79 Å². The fourth-order valence-corrected chi connectivity index (χ4v) is 4.12. The number of benzene rings is 2. The third-order valence-electron chi connectivity index (χ3n) is 4.96. The third kappa shape index (κ3) is 4.62. The smallest absolute Gasteiger partial charge is 0.283 e. The number of rotatable bonds is 6. The lowest BCUT2D eigenvalue weighted by atomic mass is 10.0. The zero-order valence-electron chi connectivity index (χ0n) is 16.7. The molecule has 6 nitrogen and oxygen atoms in total. The van der Waals surface area contributed by atoms with Gasteiger partial charge in [0.15, 0.2) is 0 Å². The first kappa shape index (κ1) is 21.1. The van der Waals surface area contributed by atoms with Gasteiger partial charge in [0.1, 0.15) is 5.69 Å². The van der Waals surface area contributed by atoms with E-state index in [9.17, 15) is 13.2 Å². The number of aromatic nitrogens is 2. The second kappa shape index (κ2) is 8.53. The molecule has 0 saturated heterocycles. The highest BCUT2D eigenvalue weighted by atomic mass is 35.5. The summed E-state index contributed by atoms with van der Waals surface area (Å²) in [6, 6.07) is 20.6. The Morgan fingerprint density at radius 1 is 1.06 bits per heavy atom. The number of sulfonamides is 1. The first-order valence-electron chi connectivity index (χ1n) is 9.72. The third-order valence-corrected chi connectivity index (χ3v) is 6.45. The van der Waals surface area contributed by atoms with Crippen LogP contribution in [0.4, 0.5) is 0 Å².